The largest absolute Gasteiger partial charge is 0.348 e. The van der Waals surface area contributed by atoms with Crippen LogP contribution in [0.1, 0.15) is 36.0 Å². The molecule has 1 fully saturated rings. The molecule has 1 amide bonds. The van der Waals surface area contributed by atoms with Crippen molar-refractivity contribution < 1.29 is 4.79 Å². The second-order valence-electron chi connectivity index (χ2n) is 4.50. The van der Waals surface area contributed by atoms with Gasteiger partial charge in [0.05, 0.1) is 5.56 Å². The van der Waals surface area contributed by atoms with E-state index in [9.17, 15) is 4.79 Å². The maximum absolute atomic E-state index is 12.3. The number of nitrogens with one attached hydrogen (secondary N) is 1. The lowest BCUT2D eigenvalue weighted by Gasteiger charge is -2.28. The molecule has 0 radical (unpaired) electrons. The van der Waals surface area contributed by atoms with Crippen molar-refractivity contribution in [3.8, 4) is 0 Å². The summed E-state index contributed by atoms with van der Waals surface area (Å²) in [5.41, 5.74) is 0.746. The molecule has 2 nitrogen and oxygen atoms in total. The highest BCUT2D eigenvalue weighted by molar-refractivity contribution is 14.1. The van der Waals surface area contributed by atoms with Crippen LogP contribution >= 0.6 is 54.5 Å². The zero-order valence-corrected chi connectivity index (χ0v) is 15.1. The van der Waals surface area contributed by atoms with Crippen LogP contribution in [-0.2, 0) is 0 Å². The Bertz CT molecular complexity index is 453. The summed E-state index contributed by atoms with van der Waals surface area (Å²) < 4.78 is 1.92. The van der Waals surface area contributed by atoms with Crippen molar-refractivity contribution in [1.82, 2.24) is 5.32 Å². The number of halogens is 3. The molecule has 2 atom stereocenters. The van der Waals surface area contributed by atoms with Gasteiger partial charge in [-0.3, -0.25) is 4.79 Å². The summed E-state index contributed by atoms with van der Waals surface area (Å²) in [6.07, 6.45) is 4.64. The average Bonchev–Trinajstić information content (AvgIpc) is 2.35. The number of rotatable bonds is 2. The van der Waals surface area contributed by atoms with Crippen molar-refractivity contribution in [3.63, 3.8) is 0 Å². The molecule has 0 aromatic heterocycles. The molecule has 1 aliphatic carbocycles. The Morgan fingerprint density at radius 3 is 2.78 bits per heavy atom. The Morgan fingerprint density at radius 1 is 1.33 bits per heavy atom. The second-order valence-corrected chi connectivity index (χ2v) is 7.76. The zero-order chi connectivity index (χ0) is 13.1. The maximum atomic E-state index is 12.3. The van der Waals surface area contributed by atoms with Crippen molar-refractivity contribution in [1.29, 1.82) is 0 Å². The minimum absolute atomic E-state index is 0.0250. The van der Waals surface area contributed by atoms with Crippen molar-refractivity contribution in [2.45, 2.75) is 36.6 Å². The predicted molar refractivity (Wildman–Crippen MR) is 89.3 cm³/mol. The molecule has 5 heteroatoms. The lowest BCUT2D eigenvalue weighted by atomic mass is 9.95. The van der Waals surface area contributed by atoms with E-state index in [4.69, 9.17) is 0 Å². The van der Waals surface area contributed by atoms with E-state index in [-0.39, 0.29) is 11.9 Å². The number of hydrogen-bond acceptors (Lipinski definition) is 1. The van der Waals surface area contributed by atoms with Crippen LogP contribution in [0.3, 0.4) is 0 Å². The van der Waals surface area contributed by atoms with Gasteiger partial charge in [0.1, 0.15) is 0 Å². The van der Waals surface area contributed by atoms with E-state index in [0.29, 0.717) is 4.83 Å². The molecular formula is C13H14Br2INO. The first-order valence-electron chi connectivity index (χ1n) is 5.98. The number of benzene rings is 1. The van der Waals surface area contributed by atoms with E-state index in [1.807, 2.05) is 18.2 Å². The Kier molecular flexibility index (Phi) is 5.50. The summed E-state index contributed by atoms with van der Waals surface area (Å²) in [5.74, 6) is 0.0250. The van der Waals surface area contributed by atoms with Crippen molar-refractivity contribution in [2.24, 2.45) is 0 Å². The molecule has 2 unspecified atom stereocenters. The predicted octanol–water partition coefficient (Wildman–Crippen LogP) is 4.49. The van der Waals surface area contributed by atoms with Crippen LogP contribution in [0.2, 0.25) is 0 Å². The normalized spacial score (nSPS) is 23.7. The Hall–Kier alpha value is 0.380. The molecule has 1 saturated carbocycles. The SMILES string of the molecule is O=C(NC1CCCCC1Br)c1cc(Br)ccc1I. The first-order chi connectivity index (χ1) is 8.58. The molecule has 0 heterocycles. The van der Waals surface area contributed by atoms with Crippen molar-refractivity contribution >= 4 is 60.4 Å². The van der Waals surface area contributed by atoms with Crippen LogP contribution in [0, 0.1) is 3.57 Å². The summed E-state index contributed by atoms with van der Waals surface area (Å²) in [5, 5.41) is 3.14. The summed E-state index contributed by atoms with van der Waals surface area (Å²) in [6.45, 7) is 0. The molecule has 98 valence electrons. The molecule has 2 rings (SSSR count). The van der Waals surface area contributed by atoms with E-state index >= 15 is 0 Å². The summed E-state index contributed by atoms with van der Waals surface area (Å²) in [4.78, 5) is 12.7. The summed E-state index contributed by atoms with van der Waals surface area (Å²) in [7, 11) is 0. The highest BCUT2D eigenvalue weighted by Gasteiger charge is 2.25. The van der Waals surface area contributed by atoms with Crippen LogP contribution in [0.15, 0.2) is 22.7 Å². The van der Waals surface area contributed by atoms with Crippen LogP contribution < -0.4 is 5.32 Å². The van der Waals surface area contributed by atoms with Crippen LogP contribution in [0.25, 0.3) is 0 Å². The minimum Gasteiger partial charge on any atom is -0.348 e. The van der Waals surface area contributed by atoms with E-state index in [1.54, 1.807) is 0 Å². The Labute approximate surface area is 138 Å². The third-order valence-electron chi connectivity index (χ3n) is 3.17. The summed E-state index contributed by atoms with van der Waals surface area (Å²) >= 11 is 9.27. The quantitative estimate of drug-likeness (QED) is 0.484. The minimum atomic E-state index is 0.0250. The van der Waals surface area contributed by atoms with Gasteiger partial charge in [0.2, 0.25) is 0 Å². The highest BCUT2D eigenvalue weighted by Crippen LogP contribution is 2.25. The van der Waals surface area contributed by atoms with Gasteiger partial charge in [-0.1, -0.05) is 44.7 Å². The van der Waals surface area contributed by atoms with E-state index in [2.05, 4.69) is 59.8 Å². The van der Waals surface area contributed by atoms with Crippen LogP contribution in [0.4, 0.5) is 0 Å². The lowest BCUT2D eigenvalue weighted by molar-refractivity contribution is 0.0929. The molecule has 0 saturated heterocycles. The number of carbonyl (C=O) groups is 1. The number of amides is 1. The van der Waals surface area contributed by atoms with Crippen LogP contribution in [-0.4, -0.2) is 16.8 Å². The monoisotopic (exact) mass is 485 g/mol. The van der Waals surface area contributed by atoms with Gasteiger partial charge in [-0.15, -0.1) is 0 Å². The fourth-order valence-electron chi connectivity index (χ4n) is 2.17. The molecule has 0 aliphatic heterocycles. The summed E-state index contributed by atoms with van der Waals surface area (Å²) in [6, 6.07) is 6.03. The molecule has 1 aromatic carbocycles. The standard InChI is InChI=1S/C13H14Br2INO/c14-8-5-6-11(16)9(7-8)13(18)17-12-4-2-1-3-10(12)15/h5-7,10,12H,1-4H2,(H,17,18). The van der Waals surface area contributed by atoms with Gasteiger partial charge in [-0.05, 0) is 53.6 Å². The van der Waals surface area contributed by atoms with Gasteiger partial charge < -0.3 is 5.32 Å². The Morgan fingerprint density at radius 2 is 2.06 bits per heavy atom. The van der Waals surface area contributed by atoms with Crippen LogP contribution in [0.5, 0.6) is 0 Å². The number of alkyl halides is 1. The highest BCUT2D eigenvalue weighted by atomic mass is 127. The van der Waals surface area contributed by atoms with E-state index in [1.165, 1.54) is 12.8 Å². The van der Waals surface area contributed by atoms with Gasteiger partial charge in [0.15, 0.2) is 0 Å². The van der Waals surface area contributed by atoms with Crippen molar-refractivity contribution in [3.05, 3.63) is 31.8 Å². The third-order valence-corrected chi connectivity index (χ3v) is 5.70. The average molecular weight is 487 g/mol. The van der Waals surface area contributed by atoms with E-state index < -0.39 is 0 Å². The molecule has 1 N–H and O–H groups in total. The number of carbonyl (C=O) groups excluding carboxylic acids is 1. The smallest absolute Gasteiger partial charge is 0.252 e. The van der Waals surface area contributed by atoms with Gasteiger partial charge >= 0.3 is 0 Å². The van der Waals surface area contributed by atoms with Gasteiger partial charge in [0.25, 0.3) is 5.91 Å². The third kappa shape index (κ3) is 3.70. The zero-order valence-electron chi connectivity index (χ0n) is 9.76. The van der Waals surface area contributed by atoms with Gasteiger partial charge in [-0.25, -0.2) is 0 Å². The topological polar surface area (TPSA) is 29.1 Å². The molecule has 0 spiro atoms. The molecule has 18 heavy (non-hydrogen) atoms. The molecule has 0 bridgehead atoms. The van der Waals surface area contributed by atoms with Crippen molar-refractivity contribution in [2.75, 3.05) is 0 Å². The number of hydrogen-bond donors (Lipinski definition) is 1. The molecule has 1 aliphatic rings. The molecular weight excluding hydrogens is 473 g/mol. The Balaban J connectivity index is 2.09. The van der Waals surface area contributed by atoms with E-state index in [0.717, 1.165) is 26.4 Å². The fourth-order valence-corrected chi connectivity index (χ4v) is 3.83. The maximum Gasteiger partial charge on any atom is 0.252 e. The second kappa shape index (κ2) is 6.70. The van der Waals surface area contributed by atoms with Gasteiger partial charge in [-0.2, -0.15) is 0 Å². The molecule has 1 aromatic rings. The lowest BCUT2D eigenvalue weighted by Crippen LogP contribution is -2.42. The first-order valence-corrected chi connectivity index (χ1v) is 8.76. The fraction of sp³-hybridized carbons (Fsp3) is 0.462. The van der Waals surface area contributed by atoms with Gasteiger partial charge in [0, 0.05) is 18.9 Å². The first kappa shape index (κ1) is 14.8.